The molecule has 9 aromatic carbocycles. The van der Waals surface area contributed by atoms with Gasteiger partial charge in [0.05, 0.1) is 16.7 Å². The van der Waals surface area contributed by atoms with Crippen LogP contribution in [0.3, 0.4) is 0 Å². The van der Waals surface area contributed by atoms with E-state index in [2.05, 4.69) is 212 Å². The number of aromatic nitrogens is 1. The number of anilines is 2. The van der Waals surface area contributed by atoms with Crippen molar-refractivity contribution in [1.29, 1.82) is 0 Å². The van der Waals surface area contributed by atoms with Crippen LogP contribution in [-0.4, -0.2) is 4.57 Å². The zero-order chi connectivity index (χ0) is 36.7. The minimum atomic E-state index is -0.155. The highest BCUT2D eigenvalue weighted by Crippen LogP contribution is 2.53. The van der Waals surface area contributed by atoms with Gasteiger partial charge in [-0.25, -0.2) is 0 Å². The van der Waals surface area contributed by atoms with Crippen LogP contribution in [0.2, 0.25) is 0 Å². The fourth-order valence-electron chi connectivity index (χ4n) is 9.42. The maximum absolute atomic E-state index is 3.92. The lowest BCUT2D eigenvalue weighted by Gasteiger charge is -2.26. The number of hydrogen-bond acceptors (Lipinski definition) is 1. The molecule has 260 valence electrons. The highest BCUT2D eigenvalue weighted by Gasteiger charge is 2.37. The number of benzene rings is 9. The quantitative estimate of drug-likeness (QED) is 0.189. The SMILES string of the molecule is CC1(C)c2ccccc2-c2cccc(-c3cc(-c4ccc5c(c4)c4ccccc4n5-c4cccc5ccccc45)ccc3Nc3cccc4ccccc34)c21. The van der Waals surface area contributed by atoms with Gasteiger partial charge in [-0.1, -0.05) is 159 Å². The van der Waals surface area contributed by atoms with E-state index < -0.39 is 0 Å². The molecule has 1 aromatic heterocycles. The fourth-order valence-corrected chi connectivity index (χ4v) is 9.42. The van der Waals surface area contributed by atoms with Crippen molar-refractivity contribution in [3.63, 3.8) is 0 Å². The van der Waals surface area contributed by atoms with Crippen LogP contribution < -0.4 is 5.32 Å². The molecule has 0 saturated carbocycles. The van der Waals surface area contributed by atoms with Gasteiger partial charge in [0.1, 0.15) is 0 Å². The van der Waals surface area contributed by atoms with Crippen LogP contribution in [-0.2, 0) is 5.41 Å². The maximum Gasteiger partial charge on any atom is 0.0541 e. The summed E-state index contributed by atoms with van der Waals surface area (Å²) >= 11 is 0. The standard InChI is InChI=1S/C53H38N2/c1-53(2)46-24-9-7-20-40(46)42-22-13-23-43(52(42)53)44-32-36(28-30-48(44)54-47-25-11-16-34-14-3-5-18-38(34)47)37-29-31-51-45(33-37)41-21-8-10-26-50(41)55(51)49-27-12-17-35-15-4-6-19-39(35)49/h3-33,54H,1-2H3. The lowest BCUT2D eigenvalue weighted by Crippen LogP contribution is -2.16. The highest BCUT2D eigenvalue weighted by molar-refractivity contribution is 6.12. The van der Waals surface area contributed by atoms with Gasteiger partial charge in [-0.15, -0.1) is 0 Å². The van der Waals surface area contributed by atoms with Crippen LogP contribution in [0.15, 0.2) is 188 Å². The van der Waals surface area contributed by atoms with E-state index in [9.17, 15) is 0 Å². The monoisotopic (exact) mass is 702 g/mol. The van der Waals surface area contributed by atoms with Crippen molar-refractivity contribution in [3.05, 3.63) is 199 Å². The van der Waals surface area contributed by atoms with Crippen molar-refractivity contribution >= 4 is 54.7 Å². The maximum atomic E-state index is 3.92. The summed E-state index contributed by atoms with van der Waals surface area (Å²) in [5.41, 5.74) is 15.9. The van der Waals surface area contributed by atoms with Gasteiger partial charge in [0.15, 0.2) is 0 Å². The predicted octanol–water partition coefficient (Wildman–Crippen LogP) is 14.5. The summed E-state index contributed by atoms with van der Waals surface area (Å²) in [7, 11) is 0. The molecular weight excluding hydrogens is 665 g/mol. The third-order valence-electron chi connectivity index (χ3n) is 12.0. The zero-order valence-corrected chi connectivity index (χ0v) is 30.8. The largest absolute Gasteiger partial charge is 0.355 e. The molecule has 0 spiro atoms. The normalized spacial score (nSPS) is 13.1. The molecule has 0 radical (unpaired) electrons. The Kier molecular flexibility index (Phi) is 6.93. The second-order valence-corrected chi connectivity index (χ2v) is 15.4. The van der Waals surface area contributed by atoms with Crippen molar-refractivity contribution in [3.8, 4) is 39.1 Å². The topological polar surface area (TPSA) is 17.0 Å². The summed E-state index contributed by atoms with van der Waals surface area (Å²) in [4.78, 5) is 0. The Morgan fingerprint density at radius 3 is 1.84 bits per heavy atom. The molecule has 2 nitrogen and oxygen atoms in total. The van der Waals surface area contributed by atoms with Crippen molar-refractivity contribution in [2.24, 2.45) is 0 Å². The predicted molar refractivity (Wildman–Crippen MR) is 234 cm³/mol. The van der Waals surface area contributed by atoms with Gasteiger partial charge >= 0.3 is 0 Å². The van der Waals surface area contributed by atoms with E-state index in [1.54, 1.807) is 0 Å². The highest BCUT2D eigenvalue weighted by atomic mass is 15.0. The molecule has 1 N–H and O–H groups in total. The van der Waals surface area contributed by atoms with E-state index in [0.29, 0.717) is 0 Å². The number of para-hydroxylation sites is 1. The summed E-state index contributed by atoms with van der Waals surface area (Å²) in [6.07, 6.45) is 0. The molecule has 2 heteroatoms. The van der Waals surface area contributed by atoms with Crippen LogP contribution in [0.5, 0.6) is 0 Å². The van der Waals surface area contributed by atoms with Gasteiger partial charge in [-0.3, -0.25) is 0 Å². The first-order valence-corrected chi connectivity index (χ1v) is 19.2. The Morgan fingerprint density at radius 2 is 0.982 bits per heavy atom. The molecule has 0 saturated heterocycles. The number of rotatable bonds is 5. The lowest BCUT2D eigenvalue weighted by atomic mass is 9.78. The molecule has 0 fully saturated rings. The summed E-state index contributed by atoms with van der Waals surface area (Å²) in [6.45, 7) is 4.75. The zero-order valence-electron chi connectivity index (χ0n) is 30.8. The minimum absolute atomic E-state index is 0.155. The van der Waals surface area contributed by atoms with Gasteiger partial charge in [-0.05, 0) is 92.2 Å². The van der Waals surface area contributed by atoms with E-state index in [1.165, 1.54) is 93.5 Å². The van der Waals surface area contributed by atoms with Crippen LogP contribution in [0, 0.1) is 0 Å². The van der Waals surface area contributed by atoms with Crippen LogP contribution >= 0.6 is 0 Å². The van der Waals surface area contributed by atoms with E-state index in [4.69, 9.17) is 0 Å². The second kappa shape index (κ2) is 12.1. The Labute approximate surface area is 321 Å². The molecule has 0 atom stereocenters. The van der Waals surface area contributed by atoms with Crippen LogP contribution in [0.25, 0.3) is 82.4 Å². The fraction of sp³-hybridized carbons (Fsp3) is 0.0566. The van der Waals surface area contributed by atoms with Gasteiger partial charge < -0.3 is 9.88 Å². The molecule has 0 amide bonds. The molecule has 0 unspecified atom stereocenters. The molecule has 1 heterocycles. The van der Waals surface area contributed by atoms with E-state index in [-0.39, 0.29) is 5.41 Å². The first-order valence-electron chi connectivity index (χ1n) is 19.2. The average molecular weight is 703 g/mol. The van der Waals surface area contributed by atoms with E-state index in [0.717, 1.165) is 11.4 Å². The van der Waals surface area contributed by atoms with Gasteiger partial charge in [0.25, 0.3) is 0 Å². The van der Waals surface area contributed by atoms with Gasteiger partial charge in [0, 0.05) is 43.9 Å². The summed E-state index contributed by atoms with van der Waals surface area (Å²) in [5, 5.41) is 11.3. The van der Waals surface area contributed by atoms with Crippen LogP contribution in [0.4, 0.5) is 11.4 Å². The summed E-state index contributed by atoms with van der Waals surface area (Å²) in [6, 6.07) is 69.0. The Hall–Kier alpha value is -6.90. The Bertz CT molecular complexity index is 3150. The van der Waals surface area contributed by atoms with Crippen LogP contribution in [0.1, 0.15) is 25.0 Å². The molecule has 1 aliphatic rings. The molecular formula is C53H38N2. The van der Waals surface area contributed by atoms with Crippen molar-refractivity contribution in [2.75, 3.05) is 5.32 Å². The van der Waals surface area contributed by atoms with Gasteiger partial charge in [0.2, 0.25) is 0 Å². The number of nitrogens with one attached hydrogen (secondary N) is 1. The molecule has 0 aliphatic heterocycles. The Morgan fingerprint density at radius 1 is 0.400 bits per heavy atom. The molecule has 10 aromatic rings. The summed E-state index contributed by atoms with van der Waals surface area (Å²) < 4.78 is 2.44. The van der Waals surface area contributed by atoms with Gasteiger partial charge in [-0.2, -0.15) is 0 Å². The Balaban J connectivity index is 1.12. The third kappa shape index (κ3) is 4.81. The number of nitrogens with zero attached hydrogens (tertiary/aromatic N) is 1. The molecule has 55 heavy (non-hydrogen) atoms. The first kappa shape index (κ1) is 31.6. The number of fused-ring (bicyclic) bond motifs is 8. The second-order valence-electron chi connectivity index (χ2n) is 15.4. The number of hydrogen-bond donors (Lipinski definition) is 1. The molecule has 0 bridgehead atoms. The smallest absolute Gasteiger partial charge is 0.0541 e. The van der Waals surface area contributed by atoms with Crippen molar-refractivity contribution in [2.45, 2.75) is 19.3 Å². The molecule has 11 rings (SSSR count). The van der Waals surface area contributed by atoms with E-state index in [1.807, 2.05) is 0 Å². The first-order chi connectivity index (χ1) is 27.0. The third-order valence-corrected chi connectivity index (χ3v) is 12.0. The minimum Gasteiger partial charge on any atom is -0.355 e. The summed E-state index contributed by atoms with van der Waals surface area (Å²) in [5.74, 6) is 0. The van der Waals surface area contributed by atoms with Crippen molar-refractivity contribution < 1.29 is 0 Å². The lowest BCUT2D eigenvalue weighted by molar-refractivity contribution is 0.662. The molecule has 1 aliphatic carbocycles. The van der Waals surface area contributed by atoms with Crippen molar-refractivity contribution in [1.82, 2.24) is 4.57 Å². The average Bonchev–Trinajstić information content (AvgIpc) is 3.69. The van der Waals surface area contributed by atoms with E-state index >= 15 is 0 Å².